The van der Waals surface area contributed by atoms with Gasteiger partial charge in [-0.1, -0.05) is 44.8 Å². The summed E-state index contributed by atoms with van der Waals surface area (Å²) in [5.41, 5.74) is 2.10. The molecule has 3 nitrogen and oxygen atoms in total. The molecule has 1 spiro atoms. The van der Waals surface area contributed by atoms with Crippen LogP contribution in [0.3, 0.4) is 0 Å². The van der Waals surface area contributed by atoms with Gasteiger partial charge in [-0.3, -0.25) is 4.79 Å². The Morgan fingerprint density at radius 2 is 1.89 bits per heavy atom. The Labute approximate surface area is 169 Å². The molecule has 2 aliphatic rings. The number of amides is 1. The van der Waals surface area contributed by atoms with Gasteiger partial charge < -0.3 is 10.1 Å². The van der Waals surface area contributed by atoms with Gasteiger partial charge in [0.2, 0.25) is 5.91 Å². The van der Waals surface area contributed by atoms with Gasteiger partial charge >= 0.3 is 0 Å². The lowest BCUT2D eigenvalue weighted by atomic mass is 9.60. The Hall–Kier alpha value is -0.830. The van der Waals surface area contributed by atoms with Gasteiger partial charge in [0, 0.05) is 20.5 Å². The van der Waals surface area contributed by atoms with Crippen LogP contribution in [-0.2, 0) is 9.53 Å². The average Bonchev–Trinajstić information content (AvgIpc) is 3.01. The van der Waals surface area contributed by atoms with E-state index in [4.69, 9.17) is 4.74 Å². The molecule has 0 aromatic carbocycles. The van der Waals surface area contributed by atoms with Crippen LogP contribution in [-0.4, -0.2) is 25.2 Å². The minimum atomic E-state index is 0. The Bertz CT molecular complexity index is 481. The third kappa shape index (κ3) is 7.97. The number of nitrogens with one attached hydrogen (secondary N) is 1. The normalized spacial score (nSPS) is 24.5. The standard InChI is InChI=1S/C24H43NO2.H2/c1-19(2)10-11-21-12-13-24(16-21)17-22(18-24)23(26)25-14-8-6-5-7-9-15-27-20(3)4;/h12,19-20,22H,5-11,13-18H2,1-4H3,(H,25,26);1H. The molecule has 0 saturated heterocycles. The van der Waals surface area contributed by atoms with Gasteiger partial charge in [0.1, 0.15) is 0 Å². The summed E-state index contributed by atoms with van der Waals surface area (Å²) >= 11 is 0. The van der Waals surface area contributed by atoms with Crippen molar-refractivity contribution in [3.05, 3.63) is 11.6 Å². The number of unbranched alkanes of at least 4 members (excludes halogenated alkanes) is 4. The van der Waals surface area contributed by atoms with Crippen LogP contribution in [0.2, 0.25) is 0 Å². The lowest BCUT2D eigenvalue weighted by Gasteiger charge is -2.45. The number of hydrogen-bond acceptors (Lipinski definition) is 2. The third-order valence-corrected chi connectivity index (χ3v) is 6.27. The first-order chi connectivity index (χ1) is 12.9. The molecule has 0 aromatic heterocycles. The molecule has 0 atom stereocenters. The molecule has 1 N–H and O–H groups in total. The van der Waals surface area contributed by atoms with Gasteiger partial charge in [-0.05, 0) is 76.5 Å². The maximum Gasteiger partial charge on any atom is 0.223 e. The van der Waals surface area contributed by atoms with Crippen LogP contribution >= 0.6 is 0 Å². The summed E-state index contributed by atoms with van der Waals surface area (Å²) < 4.78 is 5.56. The Kier molecular flexibility index (Phi) is 9.35. The maximum absolute atomic E-state index is 12.4. The molecule has 2 rings (SSSR count). The van der Waals surface area contributed by atoms with Crippen LogP contribution in [0.5, 0.6) is 0 Å². The highest BCUT2D eigenvalue weighted by atomic mass is 16.5. The van der Waals surface area contributed by atoms with Crippen molar-refractivity contribution >= 4 is 5.91 Å². The second-order valence-electron chi connectivity index (χ2n) is 9.76. The summed E-state index contributed by atoms with van der Waals surface area (Å²) in [4.78, 5) is 12.4. The first kappa shape index (κ1) is 22.5. The zero-order valence-electron chi connectivity index (χ0n) is 18.3. The van der Waals surface area contributed by atoms with Crippen molar-refractivity contribution < 1.29 is 11.0 Å². The van der Waals surface area contributed by atoms with Gasteiger partial charge in [-0.15, -0.1) is 0 Å². The molecule has 0 bridgehead atoms. The summed E-state index contributed by atoms with van der Waals surface area (Å²) in [6.07, 6.45) is 16.0. The smallest absolute Gasteiger partial charge is 0.223 e. The topological polar surface area (TPSA) is 38.3 Å². The van der Waals surface area contributed by atoms with Crippen molar-refractivity contribution in [2.24, 2.45) is 17.3 Å². The zero-order valence-corrected chi connectivity index (χ0v) is 18.3. The fourth-order valence-corrected chi connectivity index (χ4v) is 4.57. The van der Waals surface area contributed by atoms with Gasteiger partial charge in [-0.2, -0.15) is 0 Å². The van der Waals surface area contributed by atoms with Crippen LogP contribution in [0.1, 0.15) is 99.8 Å². The molecule has 0 aromatic rings. The van der Waals surface area contributed by atoms with Gasteiger partial charge in [0.25, 0.3) is 0 Å². The molecule has 158 valence electrons. The number of allylic oxidation sites excluding steroid dienone is 2. The Morgan fingerprint density at radius 1 is 1.19 bits per heavy atom. The van der Waals surface area contributed by atoms with Crippen LogP contribution in [0, 0.1) is 17.3 Å². The van der Waals surface area contributed by atoms with Crippen molar-refractivity contribution in [1.82, 2.24) is 5.32 Å². The van der Waals surface area contributed by atoms with Crippen molar-refractivity contribution in [1.29, 1.82) is 0 Å². The Morgan fingerprint density at radius 3 is 2.59 bits per heavy atom. The number of carbonyl (C=O) groups is 1. The van der Waals surface area contributed by atoms with E-state index in [2.05, 4.69) is 39.1 Å². The molecule has 27 heavy (non-hydrogen) atoms. The highest BCUT2D eigenvalue weighted by Gasteiger charge is 2.48. The number of ether oxygens (including phenoxy) is 1. The molecule has 0 heterocycles. The molecular formula is C24H45NO2. The molecule has 0 unspecified atom stereocenters. The third-order valence-electron chi connectivity index (χ3n) is 6.27. The van der Waals surface area contributed by atoms with Gasteiger partial charge in [0.15, 0.2) is 0 Å². The first-order valence-electron chi connectivity index (χ1n) is 11.5. The zero-order chi connectivity index (χ0) is 19.7. The van der Waals surface area contributed by atoms with E-state index in [9.17, 15) is 4.79 Å². The van der Waals surface area contributed by atoms with Crippen molar-refractivity contribution in [2.75, 3.05) is 13.2 Å². The molecule has 1 fully saturated rings. The molecule has 0 radical (unpaired) electrons. The van der Waals surface area contributed by atoms with E-state index in [0.717, 1.165) is 44.8 Å². The largest absolute Gasteiger partial charge is 0.379 e. The summed E-state index contributed by atoms with van der Waals surface area (Å²) in [7, 11) is 0. The number of carbonyl (C=O) groups excluding carboxylic acids is 1. The van der Waals surface area contributed by atoms with E-state index < -0.39 is 0 Å². The maximum atomic E-state index is 12.4. The van der Waals surface area contributed by atoms with E-state index in [1.807, 2.05) is 0 Å². The number of rotatable bonds is 13. The summed E-state index contributed by atoms with van der Waals surface area (Å²) in [6, 6.07) is 0. The molecule has 3 heteroatoms. The Balaban J connectivity index is 0.00000392. The molecule has 1 amide bonds. The van der Waals surface area contributed by atoms with E-state index in [0.29, 0.717) is 17.4 Å². The molecule has 2 aliphatic carbocycles. The highest BCUT2D eigenvalue weighted by Crippen LogP contribution is 2.56. The quantitative estimate of drug-likeness (QED) is 0.302. The summed E-state index contributed by atoms with van der Waals surface area (Å²) in [6.45, 7) is 10.5. The lowest BCUT2D eigenvalue weighted by molar-refractivity contribution is -0.132. The fourth-order valence-electron chi connectivity index (χ4n) is 4.57. The van der Waals surface area contributed by atoms with Gasteiger partial charge in [-0.25, -0.2) is 0 Å². The van der Waals surface area contributed by atoms with E-state index in [-0.39, 0.29) is 7.34 Å². The predicted octanol–water partition coefficient (Wildman–Crippen LogP) is 6.28. The lowest BCUT2D eigenvalue weighted by Crippen LogP contribution is -2.44. The predicted molar refractivity (Wildman–Crippen MR) is 116 cm³/mol. The first-order valence-corrected chi connectivity index (χ1v) is 11.5. The van der Waals surface area contributed by atoms with Crippen molar-refractivity contribution in [2.45, 2.75) is 104 Å². The van der Waals surface area contributed by atoms with Crippen molar-refractivity contribution in [3.63, 3.8) is 0 Å². The molecule has 1 saturated carbocycles. The number of hydrogen-bond donors (Lipinski definition) is 1. The van der Waals surface area contributed by atoms with E-state index >= 15 is 0 Å². The molecular weight excluding hydrogens is 334 g/mol. The van der Waals surface area contributed by atoms with Crippen LogP contribution in [0.25, 0.3) is 0 Å². The SMILES string of the molecule is CC(C)CCC1=CCC2(C1)CC(C(=O)NCCCCCCCOC(C)C)C2.[HH]. The minimum Gasteiger partial charge on any atom is -0.379 e. The van der Waals surface area contributed by atoms with Crippen LogP contribution in [0.4, 0.5) is 0 Å². The summed E-state index contributed by atoms with van der Waals surface area (Å²) in [5, 5.41) is 3.18. The fraction of sp³-hybridized carbons (Fsp3) is 0.875. The minimum absolute atomic E-state index is 0. The summed E-state index contributed by atoms with van der Waals surface area (Å²) in [5.74, 6) is 1.37. The second kappa shape index (κ2) is 11.2. The monoisotopic (exact) mass is 379 g/mol. The highest BCUT2D eigenvalue weighted by molar-refractivity contribution is 5.79. The molecule has 0 aliphatic heterocycles. The second-order valence-corrected chi connectivity index (χ2v) is 9.76. The average molecular weight is 380 g/mol. The van der Waals surface area contributed by atoms with E-state index in [1.165, 1.54) is 44.9 Å². The van der Waals surface area contributed by atoms with Gasteiger partial charge in [0.05, 0.1) is 6.10 Å². The van der Waals surface area contributed by atoms with Crippen molar-refractivity contribution in [3.8, 4) is 0 Å². The van der Waals surface area contributed by atoms with Crippen LogP contribution < -0.4 is 5.32 Å². The van der Waals surface area contributed by atoms with Crippen LogP contribution in [0.15, 0.2) is 11.6 Å². The van der Waals surface area contributed by atoms with E-state index in [1.54, 1.807) is 5.57 Å².